The van der Waals surface area contributed by atoms with Crippen molar-refractivity contribution in [3.8, 4) is 0 Å². The maximum Gasteiger partial charge on any atom is 0.249 e. The zero-order valence-electron chi connectivity index (χ0n) is 15.0. The summed E-state index contributed by atoms with van der Waals surface area (Å²) < 4.78 is 6.22. The van der Waals surface area contributed by atoms with Gasteiger partial charge in [0.1, 0.15) is 18.2 Å². The summed E-state index contributed by atoms with van der Waals surface area (Å²) >= 11 is 0. The van der Waals surface area contributed by atoms with E-state index in [1.165, 1.54) is 6.33 Å². The fraction of sp³-hybridized carbons (Fsp3) is 0.625. The molecule has 1 aliphatic heterocycles. The molecule has 1 aromatic rings. The molecule has 7 nitrogen and oxygen atoms in total. The largest absolute Gasteiger partial charge is 0.412 e. The second-order valence-electron chi connectivity index (χ2n) is 7.59. The number of carbonyl (C=O) groups is 2. The Kier molecular flexibility index (Phi) is 5.39. The minimum Gasteiger partial charge on any atom is -0.412 e. The van der Waals surface area contributed by atoms with Crippen molar-refractivity contribution in [3.63, 3.8) is 0 Å². The monoisotopic (exact) mass is 350 g/mol. The van der Waals surface area contributed by atoms with Gasteiger partial charge in [0.05, 0.1) is 6.61 Å². The van der Waals surface area contributed by atoms with Gasteiger partial charge in [0, 0.05) is 18.2 Å². The number of aromatic nitrogens is 2. The Labute approximate surface area is 143 Å². The summed E-state index contributed by atoms with van der Waals surface area (Å²) in [6.07, 6.45) is 3.92. The lowest BCUT2D eigenvalue weighted by Gasteiger charge is -2.36. The van der Waals surface area contributed by atoms with Crippen LogP contribution in [-0.4, -0.2) is 36.1 Å². The number of anilines is 1. The first kappa shape index (κ1) is 18.5. The maximum absolute atomic E-state index is 11.9. The molecule has 0 aliphatic carbocycles. The molecule has 2 heterocycles. The Balaban J connectivity index is 2.08. The number of carbonyl (C=O) groups excluding carboxylic acids is 2. The fourth-order valence-corrected chi connectivity index (χ4v) is 3.01. The van der Waals surface area contributed by atoms with E-state index in [-0.39, 0.29) is 16.9 Å². The highest BCUT2D eigenvalue weighted by molar-refractivity contribution is 6.74. The standard InChI is InChI=1S/C16H26N4O3Si/c1-16(2,3)24(4,5)23-9-11-8-17-10-18-14(11)19-12-6-7-13(21)20-15(12)22/h8,10,12H,6-7,9H2,1-5H3,(H,17,18,19)(H,20,21,22). The normalized spacial score (nSPS) is 19.1. The van der Waals surface area contributed by atoms with Crippen LogP contribution in [0.15, 0.2) is 12.5 Å². The van der Waals surface area contributed by atoms with E-state index in [4.69, 9.17) is 4.43 Å². The number of imide groups is 1. The van der Waals surface area contributed by atoms with Crippen molar-refractivity contribution in [2.24, 2.45) is 0 Å². The lowest BCUT2D eigenvalue weighted by molar-refractivity contribution is -0.133. The van der Waals surface area contributed by atoms with Crippen molar-refractivity contribution < 1.29 is 14.0 Å². The molecule has 8 heteroatoms. The van der Waals surface area contributed by atoms with Crippen LogP contribution in [-0.2, 0) is 20.6 Å². The van der Waals surface area contributed by atoms with Gasteiger partial charge in [-0.05, 0) is 24.6 Å². The van der Waals surface area contributed by atoms with E-state index in [0.29, 0.717) is 25.3 Å². The first-order valence-electron chi connectivity index (χ1n) is 8.13. The van der Waals surface area contributed by atoms with E-state index in [1.54, 1.807) is 6.20 Å². The molecule has 1 aliphatic rings. The molecule has 0 radical (unpaired) electrons. The summed E-state index contributed by atoms with van der Waals surface area (Å²) in [5, 5.41) is 5.56. The third-order valence-corrected chi connectivity index (χ3v) is 9.21. The number of amides is 2. The van der Waals surface area contributed by atoms with Crippen LogP contribution in [0.2, 0.25) is 18.1 Å². The van der Waals surface area contributed by atoms with E-state index in [9.17, 15) is 9.59 Å². The summed E-state index contributed by atoms with van der Waals surface area (Å²) in [5.74, 6) is 0.0292. The average Bonchev–Trinajstić information content (AvgIpc) is 2.48. The first-order valence-corrected chi connectivity index (χ1v) is 11.0. The Morgan fingerprint density at radius 1 is 1.38 bits per heavy atom. The van der Waals surface area contributed by atoms with E-state index in [1.807, 2.05) is 0 Å². The molecule has 0 aromatic carbocycles. The Morgan fingerprint density at radius 3 is 2.71 bits per heavy atom. The highest BCUT2D eigenvalue weighted by Crippen LogP contribution is 2.37. The summed E-state index contributed by atoms with van der Waals surface area (Å²) in [5.41, 5.74) is 0.812. The zero-order chi connectivity index (χ0) is 18.0. The van der Waals surface area contributed by atoms with Gasteiger partial charge in [-0.15, -0.1) is 0 Å². The number of hydrogen-bond acceptors (Lipinski definition) is 6. The molecule has 2 rings (SSSR count). The maximum atomic E-state index is 11.9. The predicted octanol–water partition coefficient (Wildman–Crippen LogP) is 2.22. The molecule has 0 bridgehead atoms. The van der Waals surface area contributed by atoms with Crippen LogP contribution in [0.5, 0.6) is 0 Å². The number of hydrogen-bond donors (Lipinski definition) is 2. The van der Waals surface area contributed by atoms with Gasteiger partial charge < -0.3 is 9.74 Å². The van der Waals surface area contributed by atoms with Gasteiger partial charge in [0.15, 0.2) is 8.32 Å². The molecule has 2 N–H and O–H groups in total. The van der Waals surface area contributed by atoms with Crippen molar-refractivity contribution >= 4 is 25.9 Å². The van der Waals surface area contributed by atoms with Crippen LogP contribution in [0.4, 0.5) is 5.82 Å². The molecule has 2 amide bonds. The molecule has 1 saturated heterocycles. The fourth-order valence-electron chi connectivity index (χ4n) is 2.07. The minimum absolute atomic E-state index is 0.111. The molecular formula is C16H26N4O3Si. The zero-order valence-corrected chi connectivity index (χ0v) is 16.0. The van der Waals surface area contributed by atoms with Crippen LogP contribution >= 0.6 is 0 Å². The first-order chi connectivity index (χ1) is 11.1. The molecule has 1 fully saturated rings. The topological polar surface area (TPSA) is 93.2 Å². The number of piperidine rings is 1. The van der Waals surface area contributed by atoms with E-state index >= 15 is 0 Å². The van der Waals surface area contributed by atoms with Crippen LogP contribution in [0, 0.1) is 0 Å². The van der Waals surface area contributed by atoms with E-state index in [2.05, 4.69) is 54.5 Å². The van der Waals surface area contributed by atoms with Crippen molar-refractivity contribution in [1.29, 1.82) is 0 Å². The number of nitrogens with zero attached hydrogens (tertiary/aromatic N) is 2. The quantitative estimate of drug-likeness (QED) is 0.625. The molecule has 0 saturated carbocycles. The third-order valence-electron chi connectivity index (χ3n) is 4.73. The van der Waals surface area contributed by atoms with Crippen molar-refractivity contribution in [3.05, 3.63) is 18.1 Å². The van der Waals surface area contributed by atoms with Crippen LogP contribution in [0.25, 0.3) is 0 Å². The summed E-state index contributed by atoms with van der Waals surface area (Å²) in [7, 11) is -1.89. The smallest absolute Gasteiger partial charge is 0.249 e. The SMILES string of the molecule is CC(C)(C)[Si](C)(C)OCc1cncnc1NC1CCC(=O)NC1=O. The Hall–Kier alpha value is -1.80. The van der Waals surface area contributed by atoms with Crippen molar-refractivity contribution in [2.45, 2.75) is 64.4 Å². The molecule has 1 unspecified atom stereocenters. The highest BCUT2D eigenvalue weighted by Gasteiger charge is 2.37. The van der Waals surface area contributed by atoms with E-state index < -0.39 is 14.4 Å². The molecule has 132 valence electrons. The average molecular weight is 350 g/mol. The van der Waals surface area contributed by atoms with Gasteiger partial charge in [-0.1, -0.05) is 20.8 Å². The second kappa shape index (κ2) is 6.98. The number of rotatable bonds is 5. The van der Waals surface area contributed by atoms with Gasteiger partial charge in [-0.25, -0.2) is 9.97 Å². The summed E-state index contributed by atoms with van der Waals surface area (Å²) in [6.45, 7) is 11.3. The molecule has 1 atom stereocenters. The van der Waals surface area contributed by atoms with Gasteiger partial charge in [-0.2, -0.15) is 0 Å². The van der Waals surface area contributed by atoms with E-state index in [0.717, 1.165) is 5.56 Å². The van der Waals surface area contributed by atoms with Gasteiger partial charge >= 0.3 is 0 Å². The van der Waals surface area contributed by atoms with Crippen molar-refractivity contribution in [2.75, 3.05) is 5.32 Å². The van der Waals surface area contributed by atoms with Gasteiger partial charge in [-0.3, -0.25) is 14.9 Å². The highest BCUT2D eigenvalue weighted by atomic mass is 28.4. The molecule has 24 heavy (non-hydrogen) atoms. The van der Waals surface area contributed by atoms with Crippen LogP contribution < -0.4 is 10.6 Å². The molecule has 0 spiro atoms. The van der Waals surface area contributed by atoms with Gasteiger partial charge in [0.2, 0.25) is 11.8 Å². The van der Waals surface area contributed by atoms with Crippen LogP contribution in [0.1, 0.15) is 39.2 Å². The minimum atomic E-state index is -1.89. The lowest BCUT2D eigenvalue weighted by Crippen LogP contribution is -2.47. The number of nitrogens with one attached hydrogen (secondary N) is 2. The lowest BCUT2D eigenvalue weighted by atomic mass is 10.1. The Morgan fingerprint density at radius 2 is 2.08 bits per heavy atom. The summed E-state index contributed by atoms with van der Waals surface area (Å²) in [6, 6.07) is -0.468. The third kappa shape index (κ3) is 4.39. The second-order valence-corrected chi connectivity index (χ2v) is 12.4. The van der Waals surface area contributed by atoms with Crippen LogP contribution in [0.3, 0.4) is 0 Å². The Bertz CT molecular complexity index is 628. The summed E-state index contributed by atoms with van der Waals surface area (Å²) in [4.78, 5) is 31.5. The predicted molar refractivity (Wildman–Crippen MR) is 93.8 cm³/mol. The molecular weight excluding hydrogens is 324 g/mol. The van der Waals surface area contributed by atoms with Gasteiger partial charge in [0.25, 0.3) is 0 Å². The van der Waals surface area contributed by atoms with Crippen molar-refractivity contribution in [1.82, 2.24) is 15.3 Å². The molecule has 1 aromatic heterocycles.